The number of carboxylic acid groups (broad SMARTS) is 1. The van der Waals surface area contributed by atoms with Crippen molar-refractivity contribution in [2.45, 2.75) is 20.3 Å². The van der Waals surface area contributed by atoms with Gasteiger partial charge in [-0.2, -0.15) is 0 Å². The molecule has 0 atom stereocenters. The van der Waals surface area contributed by atoms with Crippen molar-refractivity contribution in [3.63, 3.8) is 0 Å². The van der Waals surface area contributed by atoms with Crippen molar-refractivity contribution in [3.8, 4) is 5.75 Å². The van der Waals surface area contributed by atoms with Gasteiger partial charge in [0.05, 0.1) is 12.2 Å². The first-order valence-corrected chi connectivity index (χ1v) is 7.49. The molecule has 1 aromatic carbocycles. The highest BCUT2D eigenvalue weighted by molar-refractivity contribution is 5.75. The maximum Gasteiger partial charge on any atom is 0.323 e. The average Bonchev–Trinajstić information content (AvgIpc) is 2.43. The Bertz CT molecular complexity index is 488. The van der Waals surface area contributed by atoms with Crippen LogP contribution in [0.2, 0.25) is 0 Å². The molecule has 1 aliphatic heterocycles. The number of aliphatic carboxylic acids is 1. The van der Waals surface area contributed by atoms with Crippen LogP contribution in [0, 0.1) is 5.92 Å². The molecule has 0 fully saturated rings. The van der Waals surface area contributed by atoms with Gasteiger partial charge in [0.2, 0.25) is 0 Å². The largest absolute Gasteiger partial charge is 0.490 e. The fourth-order valence-corrected chi connectivity index (χ4v) is 2.42. The number of nitrogens with zero attached hydrogens (tertiary/aromatic N) is 1. The van der Waals surface area contributed by atoms with E-state index in [1.165, 1.54) is 5.56 Å². The van der Waals surface area contributed by atoms with Crippen molar-refractivity contribution in [2.24, 2.45) is 5.92 Å². The van der Waals surface area contributed by atoms with E-state index >= 15 is 0 Å². The van der Waals surface area contributed by atoms with Gasteiger partial charge in [-0.25, -0.2) is 0 Å². The number of hydrogen-bond donors (Lipinski definition) is 2. The van der Waals surface area contributed by atoms with E-state index in [9.17, 15) is 4.79 Å². The molecule has 0 amide bonds. The summed E-state index contributed by atoms with van der Waals surface area (Å²) in [6, 6.07) is 6.05. The molecule has 1 aliphatic rings. The molecule has 2 N–H and O–H groups in total. The summed E-state index contributed by atoms with van der Waals surface area (Å²) in [6.45, 7) is 7.49. The number of hydrogen-bond acceptors (Lipinski definition) is 4. The van der Waals surface area contributed by atoms with Crippen LogP contribution >= 0.6 is 0 Å². The minimum absolute atomic E-state index is 0.0193. The van der Waals surface area contributed by atoms with Crippen LogP contribution in [-0.4, -0.2) is 43.9 Å². The van der Waals surface area contributed by atoms with Gasteiger partial charge in [0.15, 0.2) is 0 Å². The van der Waals surface area contributed by atoms with Gasteiger partial charge < -0.3 is 20.1 Å². The number of ether oxygens (including phenoxy) is 1. The summed E-state index contributed by atoms with van der Waals surface area (Å²) in [5.41, 5.74) is 2.09. The van der Waals surface area contributed by atoms with Crippen LogP contribution < -0.4 is 15.0 Å². The highest BCUT2D eigenvalue weighted by atomic mass is 16.5. The number of nitrogens with one attached hydrogen (secondary N) is 1. The number of carboxylic acids is 1. The van der Waals surface area contributed by atoms with Crippen molar-refractivity contribution >= 4 is 11.7 Å². The second kappa shape index (κ2) is 7.31. The highest BCUT2D eigenvalue weighted by Crippen LogP contribution is 2.32. The first-order valence-electron chi connectivity index (χ1n) is 7.49. The number of benzene rings is 1. The van der Waals surface area contributed by atoms with Crippen LogP contribution in [0.4, 0.5) is 5.69 Å². The molecule has 0 aromatic heterocycles. The van der Waals surface area contributed by atoms with Gasteiger partial charge in [-0.15, -0.1) is 0 Å². The maximum atomic E-state index is 10.9. The zero-order valence-electron chi connectivity index (χ0n) is 12.8. The van der Waals surface area contributed by atoms with Crippen molar-refractivity contribution in [2.75, 3.05) is 37.7 Å². The summed E-state index contributed by atoms with van der Waals surface area (Å²) in [4.78, 5) is 12.8. The molecule has 0 radical (unpaired) electrons. The molecule has 2 rings (SSSR count). The number of rotatable bonds is 7. The Morgan fingerprint density at radius 3 is 3.00 bits per heavy atom. The van der Waals surface area contributed by atoms with Crippen molar-refractivity contribution in [1.82, 2.24) is 5.32 Å². The lowest BCUT2D eigenvalue weighted by atomic mass is 10.1. The molecule has 1 aromatic rings. The highest BCUT2D eigenvalue weighted by Gasteiger charge is 2.20. The smallest absolute Gasteiger partial charge is 0.323 e. The van der Waals surface area contributed by atoms with Crippen LogP contribution in [0.5, 0.6) is 5.75 Å². The molecule has 0 saturated carbocycles. The van der Waals surface area contributed by atoms with E-state index in [0.717, 1.165) is 30.9 Å². The summed E-state index contributed by atoms with van der Waals surface area (Å²) < 4.78 is 5.60. The third kappa shape index (κ3) is 4.63. The van der Waals surface area contributed by atoms with Gasteiger partial charge in [0.25, 0.3) is 0 Å². The predicted octanol–water partition coefficient (Wildman–Crippen LogP) is 1.76. The first-order chi connectivity index (χ1) is 10.1. The Morgan fingerprint density at radius 2 is 2.29 bits per heavy atom. The van der Waals surface area contributed by atoms with Crippen LogP contribution in [-0.2, 0) is 11.2 Å². The van der Waals surface area contributed by atoms with Gasteiger partial charge in [0, 0.05) is 0 Å². The van der Waals surface area contributed by atoms with Crippen LogP contribution in [0.25, 0.3) is 0 Å². The fraction of sp³-hybridized carbons (Fsp3) is 0.562. The molecule has 1 heterocycles. The molecule has 0 saturated heterocycles. The van der Waals surface area contributed by atoms with E-state index in [4.69, 9.17) is 9.84 Å². The standard InChI is InChI=1S/C16H24N2O3/c1-12(2)10-17-6-5-13-3-4-15-14(9-13)18(7-8-21-15)11-16(19)20/h3-4,9,12,17H,5-8,10-11H2,1-2H3,(H,19,20). The van der Waals surface area contributed by atoms with Crippen LogP contribution in [0.15, 0.2) is 18.2 Å². The normalized spacial score (nSPS) is 14.0. The van der Waals surface area contributed by atoms with Gasteiger partial charge in [-0.1, -0.05) is 19.9 Å². The Kier molecular flexibility index (Phi) is 5.44. The van der Waals surface area contributed by atoms with Crippen molar-refractivity contribution in [1.29, 1.82) is 0 Å². The Morgan fingerprint density at radius 1 is 1.48 bits per heavy atom. The second-order valence-corrected chi connectivity index (χ2v) is 5.81. The van der Waals surface area contributed by atoms with E-state index in [1.54, 1.807) is 0 Å². The zero-order chi connectivity index (χ0) is 15.2. The Hall–Kier alpha value is -1.75. The SMILES string of the molecule is CC(C)CNCCc1ccc2c(c1)N(CC(=O)O)CCO2. The molecule has 0 spiro atoms. The topological polar surface area (TPSA) is 61.8 Å². The lowest BCUT2D eigenvalue weighted by molar-refractivity contribution is -0.135. The predicted molar refractivity (Wildman–Crippen MR) is 83.2 cm³/mol. The average molecular weight is 292 g/mol. The first kappa shape index (κ1) is 15.6. The van der Waals surface area contributed by atoms with E-state index < -0.39 is 5.97 Å². The fourth-order valence-electron chi connectivity index (χ4n) is 2.42. The van der Waals surface area contributed by atoms with Gasteiger partial charge in [-0.3, -0.25) is 4.79 Å². The van der Waals surface area contributed by atoms with Gasteiger partial charge >= 0.3 is 5.97 Å². The van der Waals surface area contributed by atoms with E-state index in [0.29, 0.717) is 19.1 Å². The monoisotopic (exact) mass is 292 g/mol. The van der Waals surface area contributed by atoms with Crippen molar-refractivity contribution < 1.29 is 14.6 Å². The number of fused-ring (bicyclic) bond motifs is 1. The number of carbonyl (C=O) groups is 1. The molecule has 0 unspecified atom stereocenters. The van der Waals surface area contributed by atoms with E-state index in [2.05, 4.69) is 31.3 Å². The summed E-state index contributed by atoms with van der Waals surface area (Å²) in [5.74, 6) is 0.612. The van der Waals surface area contributed by atoms with Gasteiger partial charge in [0.1, 0.15) is 18.9 Å². The lowest BCUT2D eigenvalue weighted by Gasteiger charge is -2.30. The third-order valence-corrected chi connectivity index (χ3v) is 3.45. The maximum absolute atomic E-state index is 10.9. The molecular formula is C16H24N2O3. The van der Waals surface area contributed by atoms with Crippen molar-refractivity contribution in [3.05, 3.63) is 23.8 Å². The lowest BCUT2D eigenvalue weighted by Crippen LogP contribution is -2.36. The molecule has 5 nitrogen and oxygen atoms in total. The molecule has 21 heavy (non-hydrogen) atoms. The minimum Gasteiger partial charge on any atom is -0.490 e. The van der Waals surface area contributed by atoms with Crippen LogP contribution in [0.1, 0.15) is 19.4 Å². The summed E-state index contributed by atoms with van der Waals surface area (Å²) in [7, 11) is 0. The molecule has 116 valence electrons. The molecular weight excluding hydrogens is 268 g/mol. The summed E-state index contributed by atoms with van der Waals surface area (Å²) in [6.07, 6.45) is 0.931. The van der Waals surface area contributed by atoms with Crippen LogP contribution in [0.3, 0.4) is 0 Å². The number of anilines is 1. The second-order valence-electron chi connectivity index (χ2n) is 5.81. The molecule has 5 heteroatoms. The molecule has 0 bridgehead atoms. The Labute approximate surface area is 125 Å². The third-order valence-electron chi connectivity index (χ3n) is 3.45. The van der Waals surface area contributed by atoms with E-state index in [1.807, 2.05) is 11.0 Å². The summed E-state index contributed by atoms with van der Waals surface area (Å²) >= 11 is 0. The Balaban J connectivity index is 2.00. The minimum atomic E-state index is -0.813. The zero-order valence-corrected chi connectivity index (χ0v) is 12.8. The quantitative estimate of drug-likeness (QED) is 0.750. The molecule has 0 aliphatic carbocycles. The van der Waals surface area contributed by atoms with E-state index in [-0.39, 0.29) is 6.54 Å². The summed E-state index contributed by atoms with van der Waals surface area (Å²) in [5, 5.41) is 12.4. The van der Waals surface area contributed by atoms with Gasteiger partial charge in [-0.05, 0) is 43.1 Å².